The maximum atomic E-state index is 13.8. The number of benzene rings is 1. The quantitative estimate of drug-likeness (QED) is 0.203. The molecule has 0 aliphatic rings. The molecule has 0 bridgehead atoms. The number of rotatable bonds is 11. The minimum atomic E-state index is -8.65. The molecule has 1 rings (SSSR count). The molecule has 0 heterocycles. The fourth-order valence-corrected chi connectivity index (χ4v) is 3.03. The largest absolute Gasteiger partial charge is 0.471 e. The van der Waals surface area contributed by atoms with Crippen LogP contribution in [-0.2, 0) is 10.7 Å². The van der Waals surface area contributed by atoms with Gasteiger partial charge >= 0.3 is 55.3 Å². The molecule has 0 saturated carbocycles. The average Bonchev–Trinajstić information content (AvgIpc) is 2.72. The highest BCUT2D eigenvalue weighted by atomic mass is 31.2. The van der Waals surface area contributed by atoms with E-state index < -0.39 is 78.6 Å². The van der Waals surface area contributed by atoms with Gasteiger partial charge in [-0.1, -0.05) is 12.1 Å². The first kappa shape index (κ1) is 33.7. The van der Waals surface area contributed by atoms with Crippen LogP contribution in [0.1, 0.15) is 5.56 Å². The van der Waals surface area contributed by atoms with Crippen LogP contribution >= 0.6 is 7.60 Å². The fraction of sp³-hybridized carbons (Fsp3) is 0.500. The van der Waals surface area contributed by atoms with Gasteiger partial charge in [0.15, 0.2) is 0 Å². The molecule has 4 nitrogen and oxygen atoms in total. The van der Waals surface area contributed by atoms with Gasteiger partial charge in [-0.05, 0) is 17.7 Å². The third-order valence-corrected chi connectivity index (χ3v) is 5.11. The molecule has 0 spiro atoms. The lowest BCUT2D eigenvalue weighted by Crippen LogP contribution is -2.73. The van der Waals surface area contributed by atoms with Crippen molar-refractivity contribution in [3.8, 4) is 5.75 Å². The van der Waals surface area contributed by atoms with Crippen LogP contribution in [0.25, 0.3) is 0 Å². The molecule has 0 aromatic heterocycles. The summed E-state index contributed by atoms with van der Waals surface area (Å²) in [5.41, 5.74) is -0.438. The summed E-state index contributed by atoms with van der Waals surface area (Å²) in [7, 11) is -4.81. The Kier molecular flexibility index (Phi) is 8.64. The van der Waals surface area contributed by atoms with Crippen LogP contribution in [0.3, 0.4) is 0 Å². The Labute approximate surface area is 197 Å². The predicted octanol–water partition coefficient (Wildman–Crippen LogP) is 7.23. The molecule has 0 saturated heterocycles. The fourth-order valence-electron chi connectivity index (χ4n) is 2.34. The Balaban J connectivity index is 3.52. The lowest BCUT2D eigenvalue weighted by Gasteiger charge is -2.41. The second-order valence-corrected chi connectivity index (χ2v) is 8.75. The molecule has 0 aliphatic carbocycles. The van der Waals surface area contributed by atoms with E-state index in [0.29, 0.717) is 12.1 Å². The standard InChI is InChI=1S/C16H8F17O4P/c17-8(9(18)19)10(20,21)11(22,23)12(24,25)13(26,27)14(28,29)15(30,31)16(32,33)37-7-3-1-6(2-4-7)5-38(34,35)36/h1-4H,5H2,(H2,34,35,36). The Morgan fingerprint density at radius 2 is 1.03 bits per heavy atom. The molecule has 1 aromatic carbocycles. The summed E-state index contributed by atoms with van der Waals surface area (Å²) in [5.74, 6) is -56.4. The molecule has 1 aromatic rings. The van der Waals surface area contributed by atoms with E-state index in [1.54, 1.807) is 0 Å². The van der Waals surface area contributed by atoms with E-state index in [2.05, 4.69) is 4.74 Å². The van der Waals surface area contributed by atoms with Gasteiger partial charge in [0.2, 0.25) is 5.83 Å². The summed E-state index contributed by atoms with van der Waals surface area (Å²) in [5, 5.41) is 0. The van der Waals surface area contributed by atoms with Crippen LogP contribution in [0.4, 0.5) is 74.6 Å². The van der Waals surface area contributed by atoms with Gasteiger partial charge in [0.1, 0.15) is 5.75 Å². The van der Waals surface area contributed by atoms with Crippen molar-refractivity contribution in [3.63, 3.8) is 0 Å². The first-order valence-corrected chi connectivity index (χ1v) is 10.5. The van der Waals surface area contributed by atoms with E-state index in [1.165, 1.54) is 0 Å². The van der Waals surface area contributed by atoms with Crippen molar-refractivity contribution in [1.29, 1.82) is 0 Å². The maximum Gasteiger partial charge on any atom is 0.471 e. The normalized spacial score (nSPS) is 14.9. The minimum Gasteiger partial charge on any atom is -0.428 e. The van der Waals surface area contributed by atoms with Crippen molar-refractivity contribution in [3.05, 3.63) is 41.7 Å². The highest BCUT2D eigenvalue weighted by molar-refractivity contribution is 7.50. The first-order valence-electron chi connectivity index (χ1n) is 8.69. The third kappa shape index (κ3) is 5.41. The SMILES string of the molecule is O=P(O)(O)Cc1ccc(OC(F)(F)C(F)(F)C(F)(F)C(F)(F)C(F)(F)C(F)(F)C(F)(F)C(F)=C(F)F)cc1. The predicted molar refractivity (Wildman–Crippen MR) is 87.8 cm³/mol. The molecule has 0 atom stereocenters. The summed E-state index contributed by atoms with van der Waals surface area (Å²) in [4.78, 5) is 17.4. The van der Waals surface area contributed by atoms with Gasteiger partial charge in [0, 0.05) is 0 Å². The van der Waals surface area contributed by atoms with E-state index in [-0.39, 0.29) is 12.1 Å². The number of ether oxygens (including phenoxy) is 1. The summed E-state index contributed by atoms with van der Waals surface area (Å²) in [6.07, 6.45) is -12.7. The maximum absolute atomic E-state index is 13.8. The van der Waals surface area contributed by atoms with Crippen molar-refractivity contribution in [2.45, 2.75) is 47.8 Å². The van der Waals surface area contributed by atoms with Gasteiger partial charge < -0.3 is 14.5 Å². The van der Waals surface area contributed by atoms with E-state index in [0.717, 1.165) is 0 Å². The van der Waals surface area contributed by atoms with Crippen LogP contribution in [0.5, 0.6) is 5.75 Å². The van der Waals surface area contributed by atoms with E-state index in [9.17, 15) is 79.2 Å². The highest BCUT2D eigenvalue weighted by Gasteiger charge is 2.94. The molecular formula is C16H8F17O4P. The molecule has 220 valence electrons. The summed E-state index contributed by atoms with van der Waals surface area (Å²) >= 11 is 0. The topological polar surface area (TPSA) is 66.8 Å². The van der Waals surface area contributed by atoms with Gasteiger partial charge in [-0.3, -0.25) is 4.57 Å². The molecule has 0 amide bonds. The number of allylic oxidation sites excluding steroid dienone is 1. The Bertz CT molecular complexity index is 1090. The van der Waals surface area contributed by atoms with Gasteiger partial charge in [-0.25, -0.2) is 0 Å². The van der Waals surface area contributed by atoms with Crippen molar-refractivity contribution < 1.29 is 93.7 Å². The number of halogens is 17. The Morgan fingerprint density at radius 1 is 0.658 bits per heavy atom. The van der Waals surface area contributed by atoms with Gasteiger partial charge in [0.25, 0.3) is 0 Å². The van der Waals surface area contributed by atoms with E-state index in [4.69, 9.17) is 9.79 Å². The average molecular weight is 618 g/mol. The molecule has 2 N–H and O–H groups in total. The van der Waals surface area contributed by atoms with Crippen LogP contribution < -0.4 is 4.74 Å². The summed E-state index contributed by atoms with van der Waals surface area (Å²) in [6, 6.07) is 1.04. The zero-order chi connectivity index (χ0) is 30.6. The number of hydrogen-bond donors (Lipinski definition) is 2. The van der Waals surface area contributed by atoms with E-state index >= 15 is 0 Å². The molecular weight excluding hydrogens is 610 g/mol. The van der Waals surface area contributed by atoms with Crippen LogP contribution in [0, 0.1) is 0 Å². The zero-order valence-electron chi connectivity index (χ0n) is 17.1. The summed E-state index contributed by atoms with van der Waals surface area (Å²) < 4.78 is 240. The Morgan fingerprint density at radius 3 is 1.39 bits per heavy atom. The van der Waals surface area contributed by atoms with Gasteiger partial charge in [-0.2, -0.15) is 74.6 Å². The van der Waals surface area contributed by atoms with Crippen molar-refractivity contribution in [1.82, 2.24) is 0 Å². The molecule has 38 heavy (non-hydrogen) atoms. The second-order valence-electron chi connectivity index (χ2n) is 7.11. The van der Waals surface area contributed by atoms with Crippen LogP contribution in [0.15, 0.2) is 36.2 Å². The van der Waals surface area contributed by atoms with Gasteiger partial charge in [-0.15, -0.1) is 0 Å². The van der Waals surface area contributed by atoms with Crippen LogP contribution in [0.2, 0.25) is 0 Å². The molecule has 0 unspecified atom stereocenters. The zero-order valence-corrected chi connectivity index (χ0v) is 18.0. The molecule has 0 fully saturated rings. The van der Waals surface area contributed by atoms with Crippen molar-refractivity contribution >= 4 is 7.60 Å². The molecule has 0 radical (unpaired) electrons. The second kappa shape index (κ2) is 9.72. The van der Waals surface area contributed by atoms with Gasteiger partial charge in [0.05, 0.1) is 6.16 Å². The van der Waals surface area contributed by atoms with Crippen molar-refractivity contribution in [2.75, 3.05) is 0 Å². The number of alkyl halides is 14. The molecule has 0 aliphatic heterocycles. The lowest BCUT2D eigenvalue weighted by atomic mass is 9.90. The molecule has 22 heteroatoms. The van der Waals surface area contributed by atoms with Crippen molar-refractivity contribution in [2.24, 2.45) is 0 Å². The monoisotopic (exact) mass is 618 g/mol. The first-order chi connectivity index (χ1) is 16.5. The highest BCUT2D eigenvalue weighted by Crippen LogP contribution is 2.63. The number of hydrogen-bond acceptors (Lipinski definition) is 2. The smallest absolute Gasteiger partial charge is 0.428 e. The third-order valence-electron chi connectivity index (χ3n) is 4.34. The Hall–Kier alpha value is -2.28. The summed E-state index contributed by atoms with van der Waals surface area (Å²) in [6.45, 7) is 0. The van der Waals surface area contributed by atoms with E-state index in [1.807, 2.05) is 0 Å². The lowest BCUT2D eigenvalue weighted by molar-refractivity contribution is -0.456. The minimum absolute atomic E-state index is 0.0925. The van der Waals surface area contributed by atoms with Crippen LogP contribution in [-0.4, -0.2) is 51.4 Å².